The van der Waals surface area contributed by atoms with Crippen LogP contribution in [0.2, 0.25) is 0 Å². The third-order valence-corrected chi connectivity index (χ3v) is 2.65. The first-order valence-electron chi connectivity index (χ1n) is 5.12. The molecule has 14 heavy (non-hydrogen) atoms. The van der Waals surface area contributed by atoms with Crippen LogP contribution >= 0.6 is 0 Å². The molecule has 0 aliphatic heterocycles. The molecular formula is C10H17NO3. The Balaban J connectivity index is 2.53. The van der Waals surface area contributed by atoms with Gasteiger partial charge in [-0.2, -0.15) is 0 Å². The topological polar surface area (TPSA) is 69.4 Å². The predicted octanol–water partition coefficient (Wildman–Crippen LogP) is 1.13. The zero-order chi connectivity index (χ0) is 10.6. The largest absolute Gasteiger partial charge is 0.392 e. The van der Waals surface area contributed by atoms with Gasteiger partial charge in [0.25, 0.3) is 0 Å². The fourth-order valence-electron chi connectivity index (χ4n) is 1.66. The summed E-state index contributed by atoms with van der Waals surface area (Å²) in [6.45, 7) is 1.65. The molecule has 2 N–H and O–H groups in total. The molecule has 1 saturated carbocycles. The quantitative estimate of drug-likeness (QED) is 0.534. The van der Waals surface area contributed by atoms with Crippen molar-refractivity contribution in [2.24, 2.45) is 5.73 Å². The highest BCUT2D eigenvalue weighted by atomic mass is 16.6. The lowest BCUT2D eigenvalue weighted by Crippen LogP contribution is -2.50. The van der Waals surface area contributed by atoms with Crippen molar-refractivity contribution in [1.29, 1.82) is 0 Å². The molecule has 4 nitrogen and oxygen atoms in total. The van der Waals surface area contributed by atoms with Crippen molar-refractivity contribution in [2.45, 2.75) is 51.0 Å². The second-order valence-corrected chi connectivity index (χ2v) is 3.83. The molecule has 0 atom stereocenters. The number of carbonyl (C=O) groups excluding carboxylic acids is 2. The van der Waals surface area contributed by atoms with E-state index in [2.05, 4.69) is 4.74 Å². The van der Waals surface area contributed by atoms with Crippen molar-refractivity contribution < 1.29 is 14.3 Å². The summed E-state index contributed by atoms with van der Waals surface area (Å²) < 4.78 is 4.64. The number of hydrogen-bond donors (Lipinski definition) is 1. The number of ether oxygens (including phenoxy) is 1. The van der Waals surface area contributed by atoms with Crippen molar-refractivity contribution >= 4 is 11.9 Å². The van der Waals surface area contributed by atoms with Gasteiger partial charge in [-0.1, -0.05) is 26.2 Å². The molecule has 0 aromatic rings. The minimum atomic E-state index is -0.914. The maximum Gasteiger partial charge on any atom is 0.333 e. The summed E-state index contributed by atoms with van der Waals surface area (Å²) >= 11 is 0. The van der Waals surface area contributed by atoms with Crippen LogP contribution in [0.5, 0.6) is 0 Å². The van der Waals surface area contributed by atoms with Crippen molar-refractivity contribution in [3.05, 3.63) is 0 Å². The van der Waals surface area contributed by atoms with Crippen LogP contribution in [0.25, 0.3) is 0 Å². The SMILES string of the molecule is CCC(=O)OC(=O)C1(N)CCCCC1. The molecule has 1 aliphatic carbocycles. The first-order chi connectivity index (χ1) is 6.58. The molecular weight excluding hydrogens is 182 g/mol. The minimum Gasteiger partial charge on any atom is -0.392 e. The molecule has 0 heterocycles. The van der Waals surface area contributed by atoms with E-state index in [4.69, 9.17) is 5.73 Å². The Morgan fingerprint density at radius 1 is 1.29 bits per heavy atom. The predicted molar refractivity (Wildman–Crippen MR) is 51.4 cm³/mol. The van der Waals surface area contributed by atoms with Crippen molar-refractivity contribution in [2.75, 3.05) is 0 Å². The van der Waals surface area contributed by atoms with Crippen LogP contribution in [0.3, 0.4) is 0 Å². The summed E-state index contributed by atoms with van der Waals surface area (Å²) in [5, 5.41) is 0. The first-order valence-corrected chi connectivity index (χ1v) is 5.12. The summed E-state index contributed by atoms with van der Waals surface area (Å²) in [6.07, 6.45) is 4.44. The Morgan fingerprint density at radius 3 is 2.36 bits per heavy atom. The number of nitrogens with two attached hydrogens (primary N) is 1. The van der Waals surface area contributed by atoms with Gasteiger partial charge >= 0.3 is 11.9 Å². The Kier molecular flexibility index (Phi) is 3.63. The van der Waals surface area contributed by atoms with Gasteiger partial charge in [0, 0.05) is 6.42 Å². The van der Waals surface area contributed by atoms with E-state index in [9.17, 15) is 9.59 Å². The lowest BCUT2D eigenvalue weighted by atomic mass is 9.83. The highest BCUT2D eigenvalue weighted by Crippen LogP contribution is 2.26. The number of esters is 2. The van der Waals surface area contributed by atoms with Gasteiger partial charge in [-0.15, -0.1) is 0 Å². The molecule has 1 rings (SSSR count). The second kappa shape index (κ2) is 4.55. The minimum absolute atomic E-state index is 0.210. The molecule has 0 aromatic carbocycles. The smallest absolute Gasteiger partial charge is 0.333 e. The lowest BCUT2D eigenvalue weighted by Gasteiger charge is -2.30. The molecule has 0 bridgehead atoms. The van der Waals surface area contributed by atoms with E-state index in [1.807, 2.05) is 0 Å². The number of rotatable bonds is 2. The molecule has 0 spiro atoms. The third-order valence-electron chi connectivity index (χ3n) is 2.65. The summed E-state index contributed by atoms with van der Waals surface area (Å²) in [5.41, 5.74) is 4.97. The average Bonchev–Trinajstić information content (AvgIpc) is 2.18. The van der Waals surface area contributed by atoms with Gasteiger partial charge in [0.15, 0.2) is 0 Å². The maximum atomic E-state index is 11.5. The van der Waals surface area contributed by atoms with Gasteiger partial charge in [-0.25, -0.2) is 4.79 Å². The van der Waals surface area contributed by atoms with E-state index in [0.717, 1.165) is 19.3 Å². The van der Waals surface area contributed by atoms with Gasteiger partial charge in [0.2, 0.25) is 0 Å². The number of hydrogen-bond acceptors (Lipinski definition) is 4. The van der Waals surface area contributed by atoms with Gasteiger partial charge in [0.05, 0.1) is 0 Å². The average molecular weight is 199 g/mol. The lowest BCUT2D eigenvalue weighted by molar-refractivity contribution is -0.164. The Bertz CT molecular complexity index is 232. The van der Waals surface area contributed by atoms with Crippen LogP contribution in [0.15, 0.2) is 0 Å². The van der Waals surface area contributed by atoms with Crippen molar-refractivity contribution in [3.8, 4) is 0 Å². The van der Waals surface area contributed by atoms with Crippen LogP contribution in [0, 0.1) is 0 Å². The molecule has 0 radical (unpaired) electrons. The Hall–Kier alpha value is -0.900. The molecule has 0 amide bonds. The Morgan fingerprint density at radius 2 is 1.86 bits per heavy atom. The van der Waals surface area contributed by atoms with Crippen molar-refractivity contribution in [1.82, 2.24) is 0 Å². The molecule has 1 aliphatic rings. The second-order valence-electron chi connectivity index (χ2n) is 3.83. The summed E-state index contributed by atoms with van der Waals surface area (Å²) in [4.78, 5) is 22.4. The standard InChI is InChI=1S/C10H17NO3/c1-2-8(12)14-9(13)10(11)6-4-3-5-7-10/h2-7,11H2,1H3. The van der Waals surface area contributed by atoms with Crippen LogP contribution < -0.4 is 5.73 Å². The van der Waals surface area contributed by atoms with Crippen LogP contribution in [-0.4, -0.2) is 17.5 Å². The highest BCUT2D eigenvalue weighted by Gasteiger charge is 2.37. The zero-order valence-corrected chi connectivity index (χ0v) is 8.54. The van der Waals surface area contributed by atoms with E-state index in [0.29, 0.717) is 12.8 Å². The fraction of sp³-hybridized carbons (Fsp3) is 0.800. The monoisotopic (exact) mass is 199 g/mol. The van der Waals surface area contributed by atoms with Crippen molar-refractivity contribution in [3.63, 3.8) is 0 Å². The van der Waals surface area contributed by atoms with E-state index in [1.165, 1.54) is 0 Å². The van der Waals surface area contributed by atoms with Crippen LogP contribution in [0.1, 0.15) is 45.4 Å². The van der Waals surface area contributed by atoms with Crippen LogP contribution in [0.4, 0.5) is 0 Å². The summed E-state index contributed by atoms with van der Waals surface area (Å²) in [5.74, 6) is -1.05. The third kappa shape index (κ3) is 2.54. The van der Waals surface area contributed by atoms with Gasteiger partial charge in [-0.05, 0) is 12.8 Å². The van der Waals surface area contributed by atoms with E-state index in [1.54, 1.807) is 6.92 Å². The molecule has 4 heteroatoms. The maximum absolute atomic E-state index is 11.5. The van der Waals surface area contributed by atoms with E-state index >= 15 is 0 Å². The van der Waals surface area contributed by atoms with Crippen LogP contribution in [-0.2, 0) is 14.3 Å². The molecule has 0 saturated heterocycles. The van der Waals surface area contributed by atoms with Gasteiger partial charge < -0.3 is 10.5 Å². The normalized spacial score (nSPS) is 20.1. The molecule has 0 unspecified atom stereocenters. The number of carbonyl (C=O) groups is 2. The first kappa shape index (κ1) is 11.2. The molecule has 1 fully saturated rings. The van der Waals surface area contributed by atoms with E-state index in [-0.39, 0.29) is 6.42 Å². The molecule has 0 aromatic heterocycles. The fourth-order valence-corrected chi connectivity index (χ4v) is 1.66. The van der Waals surface area contributed by atoms with Gasteiger partial charge in [0.1, 0.15) is 5.54 Å². The summed E-state index contributed by atoms with van der Waals surface area (Å²) in [7, 11) is 0. The zero-order valence-electron chi connectivity index (χ0n) is 8.54. The van der Waals surface area contributed by atoms with E-state index < -0.39 is 17.5 Å². The molecule has 80 valence electrons. The summed E-state index contributed by atoms with van der Waals surface area (Å²) in [6, 6.07) is 0. The van der Waals surface area contributed by atoms with Gasteiger partial charge in [-0.3, -0.25) is 4.79 Å². The Labute approximate surface area is 83.8 Å². The highest BCUT2D eigenvalue weighted by molar-refractivity contribution is 5.90.